The molecule has 33 heavy (non-hydrogen) atoms. The van der Waals surface area contributed by atoms with Gasteiger partial charge in [-0.1, -0.05) is 36.9 Å². The Morgan fingerprint density at radius 1 is 1.21 bits per heavy atom. The zero-order chi connectivity index (χ0) is 23.5. The van der Waals surface area contributed by atoms with Crippen molar-refractivity contribution in [3.63, 3.8) is 0 Å². The number of nitrogens with zero attached hydrogens (tertiary/aromatic N) is 2. The van der Waals surface area contributed by atoms with Crippen molar-refractivity contribution in [1.82, 2.24) is 25.7 Å². The molecule has 0 saturated carbocycles. The number of benzene rings is 2. The summed E-state index contributed by atoms with van der Waals surface area (Å²) in [5.41, 5.74) is 9.58. The van der Waals surface area contributed by atoms with Gasteiger partial charge in [0, 0.05) is 11.8 Å². The first kappa shape index (κ1) is 21.8. The molecule has 3 amide bonds. The number of rotatable bonds is 6. The Hall–Kier alpha value is -4.40. The fourth-order valence-electron chi connectivity index (χ4n) is 3.51. The van der Waals surface area contributed by atoms with Crippen LogP contribution in [0.5, 0.6) is 0 Å². The summed E-state index contributed by atoms with van der Waals surface area (Å²) in [6.45, 7) is 5.91. The van der Waals surface area contributed by atoms with Gasteiger partial charge in [0.15, 0.2) is 0 Å². The number of aromatic nitrogens is 2. The van der Waals surface area contributed by atoms with Gasteiger partial charge >= 0.3 is 6.03 Å². The number of amides is 3. The SMILES string of the molecule is C=C1NC(=O)NC(C(=O)N[C@H](C)c2cccc(-c3cnn(Cc4cccc(F)c4)c3)c2)=C1N. The highest BCUT2D eigenvalue weighted by Gasteiger charge is 2.25. The Balaban J connectivity index is 1.48. The largest absolute Gasteiger partial charge is 0.395 e. The smallest absolute Gasteiger partial charge is 0.323 e. The zero-order valence-corrected chi connectivity index (χ0v) is 17.9. The van der Waals surface area contributed by atoms with Crippen LogP contribution < -0.4 is 21.7 Å². The molecule has 0 saturated heterocycles. The molecule has 2 heterocycles. The van der Waals surface area contributed by atoms with E-state index in [2.05, 4.69) is 27.6 Å². The van der Waals surface area contributed by atoms with E-state index in [-0.39, 0.29) is 29.0 Å². The van der Waals surface area contributed by atoms with Crippen LogP contribution in [0, 0.1) is 5.82 Å². The monoisotopic (exact) mass is 446 g/mol. The number of hydrogen-bond donors (Lipinski definition) is 4. The maximum atomic E-state index is 13.4. The minimum Gasteiger partial charge on any atom is -0.395 e. The van der Waals surface area contributed by atoms with E-state index in [0.717, 1.165) is 22.3 Å². The van der Waals surface area contributed by atoms with Gasteiger partial charge in [0.1, 0.15) is 11.5 Å². The maximum absolute atomic E-state index is 13.4. The Morgan fingerprint density at radius 3 is 2.79 bits per heavy atom. The Labute approximate surface area is 190 Å². The number of halogens is 1. The molecule has 1 aliphatic heterocycles. The van der Waals surface area contributed by atoms with Gasteiger partial charge in [0.05, 0.1) is 30.2 Å². The van der Waals surface area contributed by atoms with E-state index in [1.807, 2.05) is 43.5 Å². The lowest BCUT2D eigenvalue weighted by molar-refractivity contribution is -0.118. The van der Waals surface area contributed by atoms with Gasteiger partial charge in [-0.05, 0) is 41.8 Å². The zero-order valence-electron chi connectivity index (χ0n) is 17.9. The molecule has 2 aromatic carbocycles. The number of nitrogens with two attached hydrogens (primary N) is 1. The minimum absolute atomic E-state index is 0.0367. The predicted molar refractivity (Wildman–Crippen MR) is 122 cm³/mol. The number of carbonyl (C=O) groups is 2. The van der Waals surface area contributed by atoms with Crippen LogP contribution in [0.25, 0.3) is 11.1 Å². The van der Waals surface area contributed by atoms with E-state index >= 15 is 0 Å². The second-order valence-electron chi connectivity index (χ2n) is 7.72. The molecule has 1 aromatic heterocycles. The molecule has 4 rings (SSSR count). The molecule has 8 nitrogen and oxygen atoms in total. The molecular weight excluding hydrogens is 423 g/mol. The summed E-state index contributed by atoms with van der Waals surface area (Å²) < 4.78 is 15.2. The second kappa shape index (κ2) is 8.99. The Kier molecular flexibility index (Phi) is 5.95. The molecule has 0 unspecified atom stereocenters. The highest BCUT2D eigenvalue weighted by atomic mass is 19.1. The summed E-state index contributed by atoms with van der Waals surface area (Å²) in [5, 5.41) is 12.0. The van der Waals surface area contributed by atoms with E-state index in [0.29, 0.717) is 6.54 Å². The van der Waals surface area contributed by atoms with Gasteiger partial charge < -0.3 is 21.7 Å². The first-order valence-electron chi connectivity index (χ1n) is 10.3. The van der Waals surface area contributed by atoms with Crippen LogP contribution in [0.3, 0.4) is 0 Å². The van der Waals surface area contributed by atoms with Crippen molar-refractivity contribution >= 4 is 11.9 Å². The molecule has 0 radical (unpaired) electrons. The first-order chi connectivity index (χ1) is 15.8. The van der Waals surface area contributed by atoms with Crippen molar-refractivity contribution in [3.8, 4) is 11.1 Å². The summed E-state index contributed by atoms with van der Waals surface area (Å²) >= 11 is 0. The summed E-state index contributed by atoms with van der Waals surface area (Å²) in [6.07, 6.45) is 3.62. The summed E-state index contributed by atoms with van der Waals surface area (Å²) in [6, 6.07) is 13.1. The maximum Gasteiger partial charge on any atom is 0.323 e. The third kappa shape index (κ3) is 4.93. The standard InChI is InChI=1S/C24H23FN6O2/c1-14(28-23(32)22-21(26)15(2)29-24(33)30-22)17-6-4-7-18(10-17)19-11-27-31(13-19)12-16-5-3-8-20(25)9-16/h3-11,13-14H,2,12,26H2,1H3,(H,28,32)(H2,29,30,33)/t14-/m1/s1. The van der Waals surface area contributed by atoms with Crippen molar-refractivity contribution in [3.05, 3.63) is 102 Å². The van der Waals surface area contributed by atoms with E-state index < -0.39 is 11.9 Å². The molecule has 1 aliphatic rings. The van der Waals surface area contributed by atoms with E-state index in [1.165, 1.54) is 12.1 Å². The summed E-state index contributed by atoms with van der Waals surface area (Å²) in [4.78, 5) is 24.3. The number of urea groups is 1. The van der Waals surface area contributed by atoms with Crippen LogP contribution in [0.1, 0.15) is 24.1 Å². The molecule has 0 aliphatic carbocycles. The van der Waals surface area contributed by atoms with Crippen LogP contribution in [-0.2, 0) is 11.3 Å². The highest BCUT2D eigenvalue weighted by molar-refractivity contribution is 6.00. The number of hydrogen-bond acceptors (Lipinski definition) is 4. The van der Waals surface area contributed by atoms with Gasteiger partial charge in [0.2, 0.25) is 0 Å². The summed E-state index contributed by atoms with van der Waals surface area (Å²) in [5.74, 6) is -0.793. The van der Waals surface area contributed by atoms with Gasteiger partial charge in [-0.25, -0.2) is 9.18 Å². The Bertz CT molecular complexity index is 1280. The van der Waals surface area contributed by atoms with Crippen LogP contribution in [0.15, 0.2) is 84.6 Å². The Morgan fingerprint density at radius 2 is 2.00 bits per heavy atom. The second-order valence-corrected chi connectivity index (χ2v) is 7.72. The molecule has 0 bridgehead atoms. The lowest BCUT2D eigenvalue weighted by Crippen LogP contribution is -2.47. The van der Waals surface area contributed by atoms with Crippen LogP contribution in [0.2, 0.25) is 0 Å². The highest BCUT2D eigenvalue weighted by Crippen LogP contribution is 2.24. The molecule has 9 heteroatoms. The molecule has 0 spiro atoms. The topological polar surface area (TPSA) is 114 Å². The van der Waals surface area contributed by atoms with Crippen molar-refractivity contribution in [2.75, 3.05) is 0 Å². The van der Waals surface area contributed by atoms with Gasteiger partial charge in [0.25, 0.3) is 5.91 Å². The fraction of sp³-hybridized carbons (Fsp3) is 0.125. The minimum atomic E-state index is -0.566. The van der Waals surface area contributed by atoms with Crippen molar-refractivity contribution < 1.29 is 14.0 Å². The number of carbonyl (C=O) groups excluding carboxylic acids is 2. The molecule has 3 aromatic rings. The van der Waals surface area contributed by atoms with Crippen molar-refractivity contribution in [2.45, 2.75) is 19.5 Å². The normalized spacial score (nSPS) is 14.5. The average molecular weight is 446 g/mol. The lowest BCUT2D eigenvalue weighted by atomic mass is 10.0. The molecule has 1 atom stereocenters. The first-order valence-corrected chi connectivity index (χ1v) is 10.3. The third-order valence-corrected chi connectivity index (χ3v) is 5.26. The summed E-state index contributed by atoms with van der Waals surface area (Å²) in [7, 11) is 0. The van der Waals surface area contributed by atoms with E-state index in [4.69, 9.17) is 5.73 Å². The van der Waals surface area contributed by atoms with E-state index in [9.17, 15) is 14.0 Å². The third-order valence-electron chi connectivity index (χ3n) is 5.26. The van der Waals surface area contributed by atoms with Gasteiger partial charge in [-0.3, -0.25) is 9.48 Å². The van der Waals surface area contributed by atoms with Crippen LogP contribution in [-0.4, -0.2) is 21.7 Å². The van der Waals surface area contributed by atoms with Crippen molar-refractivity contribution in [1.29, 1.82) is 0 Å². The molecule has 0 fully saturated rings. The predicted octanol–water partition coefficient (Wildman–Crippen LogP) is 2.91. The van der Waals surface area contributed by atoms with E-state index in [1.54, 1.807) is 16.9 Å². The van der Waals surface area contributed by atoms with Crippen molar-refractivity contribution in [2.24, 2.45) is 5.73 Å². The quantitative estimate of drug-likeness (QED) is 0.466. The molecule has 5 N–H and O–H groups in total. The average Bonchev–Trinajstić information content (AvgIpc) is 3.24. The molecular formula is C24H23FN6O2. The van der Waals surface area contributed by atoms with Gasteiger partial charge in [-0.15, -0.1) is 0 Å². The van der Waals surface area contributed by atoms with Crippen LogP contribution >= 0.6 is 0 Å². The number of nitrogens with one attached hydrogen (secondary N) is 3. The molecule has 168 valence electrons. The lowest BCUT2D eigenvalue weighted by Gasteiger charge is -2.22. The van der Waals surface area contributed by atoms with Crippen LogP contribution in [0.4, 0.5) is 9.18 Å². The van der Waals surface area contributed by atoms with Gasteiger partial charge in [-0.2, -0.15) is 5.10 Å². The fourth-order valence-corrected chi connectivity index (χ4v) is 3.51.